The summed E-state index contributed by atoms with van der Waals surface area (Å²) in [5.41, 5.74) is 9.19. The van der Waals surface area contributed by atoms with Gasteiger partial charge in [-0.05, 0) is 37.2 Å². The van der Waals surface area contributed by atoms with Crippen LogP contribution in [0.4, 0.5) is 0 Å². The van der Waals surface area contributed by atoms with Crippen LogP contribution in [-0.2, 0) is 0 Å². The van der Waals surface area contributed by atoms with E-state index < -0.39 is 0 Å². The summed E-state index contributed by atoms with van der Waals surface area (Å²) in [6, 6.07) is 6.51. The van der Waals surface area contributed by atoms with Crippen LogP contribution in [0.2, 0.25) is 0 Å². The number of rotatable bonds is 0. The average molecular weight is 259 g/mol. The summed E-state index contributed by atoms with van der Waals surface area (Å²) in [4.78, 5) is 0. The smallest absolute Gasteiger partial charge is 0.124 e. The summed E-state index contributed by atoms with van der Waals surface area (Å²) in [6.45, 7) is 9.12. The standard InChI is InChI=1S/C17H25NO/c1-11-5-6-15-13(7-11)14(18)9-17(19-15)10-16(3,4)8-12(17)2/h5-7,12,14H,8-10,18H2,1-4H3. The van der Waals surface area contributed by atoms with Crippen molar-refractivity contribution in [3.8, 4) is 5.75 Å². The fourth-order valence-electron chi connectivity index (χ4n) is 4.27. The van der Waals surface area contributed by atoms with E-state index >= 15 is 0 Å². The third-order valence-corrected chi connectivity index (χ3v) is 4.98. The topological polar surface area (TPSA) is 35.2 Å². The highest BCUT2D eigenvalue weighted by Crippen LogP contribution is 2.55. The van der Waals surface area contributed by atoms with Gasteiger partial charge < -0.3 is 10.5 Å². The maximum atomic E-state index is 6.47. The van der Waals surface area contributed by atoms with Crippen LogP contribution >= 0.6 is 0 Å². The van der Waals surface area contributed by atoms with Crippen LogP contribution in [0.1, 0.15) is 57.2 Å². The molecule has 2 aliphatic rings. The van der Waals surface area contributed by atoms with Gasteiger partial charge in [0.1, 0.15) is 11.4 Å². The Bertz CT molecular complexity index is 508. The quantitative estimate of drug-likeness (QED) is 0.765. The molecule has 1 aliphatic heterocycles. The molecule has 1 aliphatic carbocycles. The summed E-state index contributed by atoms with van der Waals surface area (Å²) in [6.07, 6.45) is 3.29. The van der Waals surface area contributed by atoms with E-state index in [4.69, 9.17) is 10.5 Å². The fourth-order valence-corrected chi connectivity index (χ4v) is 4.27. The number of nitrogens with two attached hydrogens (primary N) is 1. The number of ether oxygens (including phenoxy) is 1. The third kappa shape index (κ3) is 2.06. The number of aryl methyl sites for hydroxylation is 1. The van der Waals surface area contributed by atoms with Crippen molar-refractivity contribution in [3.63, 3.8) is 0 Å². The normalized spacial score (nSPS) is 36.1. The summed E-state index contributed by atoms with van der Waals surface area (Å²) in [7, 11) is 0. The minimum absolute atomic E-state index is 0.0504. The minimum Gasteiger partial charge on any atom is -0.487 e. The van der Waals surface area contributed by atoms with Crippen LogP contribution < -0.4 is 10.5 Å². The largest absolute Gasteiger partial charge is 0.487 e. The highest BCUT2D eigenvalue weighted by molar-refractivity contribution is 5.42. The monoisotopic (exact) mass is 259 g/mol. The molecule has 3 unspecified atom stereocenters. The van der Waals surface area contributed by atoms with Gasteiger partial charge in [-0.1, -0.05) is 38.5 Å². The van der Waals surface area contributed by atoms with E-state index in [1.807, 2.05) is 0 Å². The molecule has 1 spiro atoms. The fraction of sp³-hybridized carbons (Fsp3) is 0.647. The maximum absolute atomic E-state index is 6.47. The first kappa shape index (κ1) is 13.0. The lowest BCUT2D eigenvalue weighted by atomic mass is 9.80. The zero-order valence-electron chi connectivity index (χ0n) is 12.5. The van der Waals surface area contributed by atoms with Gasteiger partial charge in [0, 0.05) is 18.0 Å². The number of fused-ring (bicyclic) bond motifs is 1. The molecule has 104 valence electrons. The number of hydrogen-bond acceptors (Lipinski definition) is 2. The molecule has 0 amide bonds. The molecule has 2 N–H and O–H groups in total. The molecule has 0 bridgehead atoms. The third-order valence-electron chi connectivity index (χ3n) is 4.98. The Kier molecular flexibility index (Phi) is 2.72. The molecule has 1 aromatic carbocycles. The Morgan fingerprint density at radius 1 is 1.26 bits per heavy atom. The molecule has 19 heavy (non-hydrogen) atoms. The van der Waals surface area contributed by atoms with Crippen LogP contribution in [0.15, 0.2) is 18.2 Å². The summed E-state index contributed by atoms with van der Waals surface area (Å²) in [5, 5.41) is 0. The lowest BCUT2D eigenvalue weighted by molar-refractivity contribution is 0.00180. The molecule has 1 aromatic rings. The van der Waals surface area contributed by atoms with Crippen LogP contribution in [0.25, 0.3) is 0 Å². The summed E-state index contributed by atoms with van der Waals surface area (Å²) < 4.78 is 6.47. The highest BCUT2D eigenvalue weighted by atomic mass is 16.5. The zero-order valence-corrected chi connectivity index (χ0v) is 12.5. The summed E-state index contributed by atoms with van der Waals surface area (Å²) >= 11 is 0. The van der Waals surface area contributed by atoms with Gasteiger partial charge in [-0.3, -0.25) is 0 Å². The van der Waals surface area contributed by atoms with E-state index in [2.05, 4.69) is 45.9 Å². The maximum Gasteiger partial charge on any atom is 0.124 e. The summed E-state index contributed by atoms with van der Waals surface area (Å²) in [5.74, 6) is 1.58. The van der Waals surface area contributed by atoms with Crippen molar-refractivity contribution in [2.24, 2.45) is 17.1 Å². The molecule has 3 atom stereocenters. The molecular weight excluding hydrogens is 234 g/mol. The van der Waals surface area contributed by atoms with Gasteiger partial charge in [0.15, 0.2) is 0 Å². The van der Waals surface area contributed by atoms with E-state index in [-0.39, 0.29) is 11.6 Å². The Morgan fingerprint density at radius 3 is 2.63 bits per heavy atom. The van der Waals surface area contributed by atoms with Gasteiger partial charge in [0.25, 0.3) is 0 Å². The van der Waals surface area contributed by atoms with Crippen molar-refractivity contribution in [2.75, 3.05) is 0 Å². The van der Waals surface area contributed by atoms with Gasteiger partial charge in [-0.2, -0.15) is 0 Å². The molecule has 3 rings (SSSR count). The molecule has 2 nitrogen and oxygen atoms in total. The second-order valence-electron chi connectivity index (χ2n) is 7.46. The predicted octanol–water partition coefficient (Wildman–Crippen LogP) is 3.97. The molecule has 1 heterocycles. The van der Waals surface area contributed by atoms with Gasteiger partial charge in [0.05, 0.1) is 0 Å². The molecule has 0 saturated heterocycles. The van der Waals surface area contributed by atoms with Crippen LogP contribution in [0.5, 0.6) is 5.75 Å². The van der Waals surface area contributed by atoms with E-state index in [9.17, 15) is 0 Å². The van der Waals surface area contributed by atoms with Crippen molar-refractivity contribution < 1.29 is 4.74 Å². The van der Waals surface area contributed by atoms with Crippen molar-refractivity contribution in [1.29, 1.82) is 0 Å². The van der Waals surface area contributed by atoms with E-state index in [1.54, 1.807) is 0 Å². The Balaban J connectivity index is 1.99. The van der Waals surface area contributed by atoms with Crippen molar-refractivity contribution >= 4 is 0 Å². The van der Waals surface area contributed by atoms with Crippen LogP contribution in [-0.4, -0.2) is 5.60 Å². The van der Waals surface area contributed by atoms with Gasteiger partial charge in [-0.25, -0.2) is 0 Å². The molecule has 1 fully saturated rings. The second kappa shape index (κ2) is 3.99. The lowest BCUT2D eigenvalue weighted by Gasteiger charge is -2.42. The van der Waals surface area contributed by atoms with Crippen molar-refractivity contribution in [2.45, 2.75) is 58.6 Å². The Morgan fingerprint density at radius 2 is 2.00 bits per heavy atom. The lowest BCUT2D eigenvalue weighted by Crippen LogP contribution is -2.45. The van der Waals surface area contributed by atoms with Gasteiger partial charge in [-0.15, -0.1) is 0 Å². The van der Waals surface area contributed by atoms with Crippen LogP contribution in [0.3, 0.4) is 0 Å². The van der Waals surface area contributed by atoms with E-state index in [1.165, 1.54) is 17.5 Å². The van der Waals surface area contributed by atoms with Gasteiger partial charge in [0.2, 0.25) is 0 Å². The second-order valence-corrected chi connectivity index (χ2v) is 7.46. The highest BCUT2D eigenvalue weighted by Gasteiger charge is 2.53. The molecule has 2 heteroatoms. The molecule has 0 aromatic heterocycles. The minimum atomic E-state index is -0.0504. The van der Waals surface area contributed by atoms with Crippen molar-refractivity contribution in [3.05, 3.63) is 29.3 Å². The van der Waals surface area contributed by atoms with Crippen molar-refractivity contribution in [1.82, 2.24) is 0 Å². The molecule has 0 radical (unpaired) electrons. The average Bonchev–Trinajstić information content (AvgIpc) is 2.49. The first-order chi connectivity index (χ1) is 8.81. The zero-order chi connectivity index (χ0) is 13.8. The Labute approximate surface area is 116 Å². The first-order valence-electron chi connectivity index (χ1n) is 7.37. The van der Waals surface area contributed by atoms with E-state index in [0.717, 1.165) is 18.6 Å². The number of benzene rings is 1. The van der Waals surface area contributed by atoms with E-state index in [0.29, 0.717) is 11.3 Å². The molecular formula is C17H25NO. The first-order valence-corrected chi connectivity index (χ1v) is 7.37. The SMILES string of the molecule is Cc1ccc2c(c1)C(N)CC1(CC(C)(C)CC1C)O2. The predicted molar refractivity (Wildman–Crippen MR) is 78.3 cm³/mol. The molecule has 1 saturated carbocycles. The Hall–Kier alpha value is -1.02. The van der Waals surface area contributed by atoms with Crippen LogP contribution in [0, 0.1) is 18.3 Å². The number of hydrogen-bond donors (Lipinski definition) is 1. The van der Waals surface area contributed by atoms with Gasteiger partial charge >= 0.3 is 0 Å².